The van der Waals surface area contributed by atoms with E-state index in [0.29, 0.717) is 12.5 Å². The van der Waals surface area contributed by atoms with Gasteiger partial charge in [0.2, 0.25) is 0 Å². The number of hydrogen-bond acceptors (Lipinski definition) is 3. The first-order chi connectivity index (χ1) is 27.2. The van der Waals surface area contributed by atoms with Gasteiger partial charge in [-0.1, -0.05) is 207 Å². The van der Waals surface area contributed by atoms with Crippen LogP contribution in [0.5, 0.6) is 0 Å². The van der Waals surface area contributed by atoms with E-state index < -0.39 is 0 Å². The van der Waals surface area contributed by atoms with E-state index in [1.807, 2.05) is 0 Å². The van der Waals surface area contributed by atoms with Gasteiger partial charge in [0.15, 0.2) is 0 Å². The zero-order valence-electron chi connectivity index (χ0n) is 32.3. The molecule has 2 unspecified atom stereocenters. The van der Waals surface area contributed by atoms with Crippen molar-refractivity contribution in [1.29, 1.82) is 0 Å². The second-order valence-electron chi connectivity index (χ2n) is 14.6. The van der Waals surface area contributed by atoms with Crippen LogP contribution in [0, 0.1) is 5.92 Å². The summed E-state index contributed by atoms with van der Waals surface area (Å²) >= 11 is 4.46. The summed E-state index contributed by atoms with van der Waals surface area (Å²) in [5.74, 6) is 1.43. The SMILES string of the molecule is C1CC1.N.NCC1(c2ccccc2)CC=CC=C1c1cccc(-c2ccccc2)c1.SCC1C=CC=C(c2cccc(-c3ccc(-c4ccccc4)cc3)c2)C1. The van der Waals surface area contributed by atoms with Crippen LogP contribution in [0.3, 0.4) is 0 Å². The monoisotopic (exact) mass is 750 g/mol. The molecule has 5 N–H and O–H groups in total. The molecule has 0 saturated heterocycles. The molecule has 0 aromatic heterocycles. The Bertz CT molecular complexity index is 2250. The smallest absolute Gasteiger partial charge is 0.0365 e. The van der Waals surface area contributed by atoms with E-state index in [1.165, 1.54) is 80.5 Å². The van der Waals surface area contributed by atoms with E-state index in [9.17, 15) is 0 Å². The van der Waals surface area contributed by atoms with Crippen LogP contribution >= 0.6 is 12.6 Å². The van der Waals surface area contributed by atoms with Gasteiger partial charge in [-0.15, -0.1) is 0 Å². The van der Waals surface area contributed by atoms with E-state index in [2.05, 4.69) is 213 Å². The fourth-order valence-electron chi connectivity index (χ4n) is 7.39. The molecule has 6 aromatic rings. The Balaban J connectivity index is 0.000000173. The van der Waals surface area contributed by atoms with E-state index in [-0.39, 0.29) is 11.6 Å². The molecule has 0 spiro atoms. The number of rotatable bonds is 8. The molecule has 56 heavy (non-hydrogen) atoms. The largest absolute Gasteiger partial charge is 0.344 e. The molecule has 3 aliphatic carbocycles. The van der Waals surface area contributed by atoms with Crippen LogP contribution < -0.4 is 11.9 Å². The molecule has 0 bridgehead atoms. The average Bonchev–Trinajstić information content (AvgIpc) is 4.18. The van der Waals surface area contributed by atoms with Crippen LogP contribution in [0.4, 0.5) is 0 Å². The van der Waals surface area contributed by atoms with Gasteiger partial charge in [-0.2, -0.15) is 12.6 Å². The summed E-state index contributed by atoms with van der Waals surface area (Å²) < 4.78 is 0. The summed E-state index contributed by atoms with van der Waals surface area (Å²) in [7, 11) is 0. The second-order valence-corrected chi connectivity index (χ2v) is 15.0. The number of allylic oxidation sites excluding steroid dienone is 7. The highest BCUT2D eigenvalue weighted by Gasteiger charge is 2.35. The maximum Gasteiger partial charge on any atom is 0.0365 e. The van der Waals surface area contributed by atoms with Crippen molar-refractivity contribution in [3.05, 3.63) is 217 Å². The molecule has 2 atom stereocenters. The Labute approximate surface area is 340 Å². The van der Waals surface area contributed by atoms with Gasteiger partial charge < -0.3 is 11.9 Å². The predicted molar refractivity (Wildman–Crippen MR) is 246 cm³/mol. The Morgan fingerprint density at radius 3 is 1.57 bits per heavy atom. The van der Waals surface area contributed by atoms with Crippen LogP contribution in [-0.4, -0.2) is 12.3 Å². The van der Waals surface area contributed by atoms with Crippen molar-refractivity contribution >= 4 is 23.8 Å². The Morgan fingerprint density at radius 1 is 0.518 bits per heavy atom. The Hall–Kier alpha value is -5.45. The van der Waals surface area contributed by atoms with E-state index in [0.717, 1.165) is 18.6 Å². The third-order valence-corrected chi connectivity index (χ3v) is 11.1. The summed E-state index contributed by atoms with van der Waals surface area (Å²) in [5, 5.41) is 0. The normalized spacial score (nSPS) is 17.8. The molecule has 0 radical (unpaired) electrons. The highest BCUT2D eigenvalue weighted by molar-refractivity contribution is 7.80. The summed E-state index contributed by atoms with van der Waals surface area (Å²) in [5.41, 5.74) is 20.2. The Kier molecular flexibility index (Phi) is 14.3. The van der Waals surface area contributed by atoms with Crippen molar-refractivity contribution in [3.63, 3.8) is 0 Å². The van der Waals surface area contributed by atoms with E-state index in [1.54, 1.807) is 0 Å². The van der Waals surface area contributed by atoms with Crippen LogP contribution in [0.2, 0.25) is 0 Å². The minimum atomic E-state index is -0.175. The van der Waals surface area contributed by atoms with Crippen molar-refractivity contribution in [2.24, 2.45) is 11.7 Å². The molecule has 6 aromatic carbocycles. The molecule has 1 saturated carbocycles. The average molecular weight is 751 g/mol. The van der Waals surface area contributed by atoms with Crippen molar-refractivity contribution in [2.75, 3.05) is 12.3 Å². The number of nitrogens with two attached hydrogens (primary N) is 1. The molecule has 1 fully saturated rings. The molecule has 0 amide bonds. The number of thiol groups is 1. The Morgan fingerprint density at radius 2 is 1.00 bits per heavy atom. The van der Waals surface area contributed by atoms with Crippen molar-refractivity contribution in [2.45, 2.75) is 37.5 Å². The maximum absolute atomic E-state index is 6.37. The summed E-state index contributed by atoms with van der Waals surface area (Å²) in [4.78, 5) is 0. The fourth-order valence-corrected chi connectivity index (χ4v) is 7.64. The molecule has 282 valence electrons. The molecule has 3 aliphatic rings. The minimum Gasteiger partial charge on any atom is -0.344 e. The first-order valence-corrected chi connectivity index (χ1v) is 20.3. The molecule has 3 heteroatoms. The van der Waals surface area contributed by atoms with Crippen LogP contribution in [0.1, 0.15) is 48.8 Å². The summed E-state index contributed by atoms with van der Waals surface area (Å²) in [6.07, 6.45) is 19.8. The molecular formula is C53H54N2S. The first-order valence-electron chi connectivity index (χ1n) is 19.7. The van der Waals surface area contributed by atoms with Crippen molar-refractivity contribution in [1.82, 2.24) is 6.15 Å². The van der Waals surface area contributed by atoms with Gasteiger partial charge in [-0.3, -0.25) is 0 Å². The molecule has 2 nitrogen and oxygen atoms in total. The first kappa shape index (κ1) is 40.2. The van der Waals surface area contributed by atoms with Gasteiger partial charge in [0, 0.05) is 12.0 Å². The van der Waals surface area contributed by atoms with E-state index in [4.69, 9.17) is 5.73 Å². The second kappa shape index (κ2) is 19.9. The van der Waals surface area contributed by atoms with Gasteiger partial charge in [0.25, 0.3) is 0 Å². The minimum absolute atomic E-state index is 0. The van der Waals surface area contributed by atoms with Gasteiger partial charge in [-0.05, 0) is 97.9 Å². The third kappa shape index (κ3) is 10.0. The fraction of sp³-hybridized carbons (Fsp3) is 0.170. The molecular weight excluding hydrogens is 697 g/mol. The van der Waals surface area contributed by atoms with Crippen molar-refractivity contribution < 1.29 is 0 Å². The van der Waals surface area contributed by atoms with Gasteiger partial charge in [-0.25, -0.2) is 0 Å². The highest BCUT2D eigenvalue weighted by atomic mass is 32.1. The quantitative estimate of drug-likeness (QED) is 0.136. The lowest BCUT2D eigenvalue weighted by molar-refractivity contribution is 0.569. The molecule has 9 rings (SSSR count). The predicted octanol–water partition coefficient (Wildman–Crippen LogP) is 13.8. The standard InChI is InChI=1S/C25H23N.C25H22S.C3H6.H3N/c26-19-25(23-14-5-2-6-15-23)17-8-7-16-24(25)22-13-9-12-21(18-22)20-10-3-1-4-11-20;26-18-19-6-4-9-23(16-19)25-11-5-10-24(17-25)22-14-12-21(13-15-22)20-7-2-1-3-8-20;1-2-3-1;/h1-16,18H,17,19,26H2;1-15,17,19,26H,16,18H2;1-3H2;1H3. The zero-order valence-corrected chi connectivity index (χ0v) is 33.2. The van der Waals surface area contributed by atoms with Crippen LogP contribution in [0.25, 0.3) is 44.5 Å². The third-order valence-electron chi connectivity index (χ3n) is 10.6. The highest BCUT2D eigenvalue weighted by Crippen LogP contribution is 2.44. The topological polar surface area (TPSA) is 61.0 Å². The summed E-state index contributed by atoms with van der Waals surface area (Å²) in [6, 6.07) is 58.2. The van der Waals surface area contributed by atoms with Crippen molar-refractivity contribution in [3.8, 4) is 33.4 Å². The van der Waals surface area contributed by atoms with Crippen LogP contribution in [0.15, 0.2) is 200 Å². The maximum atomic E-state index is 6.37. The summed E-state index contributed by atoms with van der Waals surface area (Å²) in [6.45, 7) is 0.586. The van der Waals surface area contributed by atoms with Gasteiger partial charge in [0.05, 0.1) is 0 Å². The number of benzene rings is 6. The van der Waals surface area contributed by atoms with Crippen LogP contribution in [-0.2, 0) is 5.41 Å². The van der Waals surface area contributed by atoms with Gasteiger partial charge >= 0.3 is 0 Å². The van der Waals surface area contributed by atoms with Gasteiger partial charge in [0.1, 0.15) is 0 Å². The molecule has 0 heterocycles. The zero-order chi connectivity index (χ0) is 37.7. The van der Waals surface area contributed by atoms with E-state index >= 15 is 0 Å². The lowest BCUT2D eigenvalue weighted by atomic mass is 9.67. The lowest BCUT2D eigenvalue weighted by Gasteiger charge is -2.37. The lowest BCUT2D eigenvalue weighted by Crippen LogP contribution is -2.37. The number of hydrogen-bond donors (Lipinski definition) is 3. The molecule has 0 aliphatic heterocycles.